The first kappa shape index (κ1) is 10.7. The number of hydrogen-bond acceptors (Lipinski definition) is 3. The maximum absolute atomic E-state index is 10.9. The van der Waals surface area contributed by atoms with E-state index in [1.165, 1.54) is 0 Å². The highest BCUT2D eigenvalue weighted by atomic mass is 16.5. The minimum Gasteiger partial charge on any atom is -0.494 e. The Kier molecular flexibility index (Phi) is 4.13. The maximum atomic E-state index is 10.9. The van der Waals surface area contributed by atoms with Gasteiger partial charge in [-0.1, -0.05) is 12.1 Å². The van der Waals surface area contributed by atoms with Crippen LogP contribution in [0.15, 0.2) is 24.3 Å². The summed E-state index contributed by atoms with van der Waals surface area (Å²) in [5, 5.41) is 8.56. The van der Waals surface area contributed by atoms with E-state index in [4.69, 9.17) is 9.84 Å². The number of aliphatic hydroxyl groups excluding tert-OH is 1. The van der Waals surface area contributed by atoms with Gasteiger partial charge in [-0.3, -0.25) is 4.79 Å². The summed E-state index contributed by atoms with van der Waals surface area (Å²) in [6.07, 6.45) is 0.281. The lowest BCUT2D eigenvalue weighted by molar-refractivity contribution is -0.121. The van der Waals surface area contributed by atoms with Crippen LogP contribution in [0.25, 0.3) is 0 Å². The van der Waals surface area contributed by atoms with Crippen LogP contribution in [0.2, 0.25) is 0 Å². The molecule has 0 bridgehead atoms. The normalized spacial score (nSPS) is 9.86. The fraction of sp³-hybridized carbons (Fsp3) is 0.364. The van der Waals surface area contributed by atoms with E-state index in [-0.39, 0.29) is 12.2 Å². The quantitative estimate of drug-likeness (QED) is 0.765. The molecular weight excluding hydrogens is 180 g/mol. The number of hydrogen-bond donors (Lipinski definition) is 1. The van der Waals surface area contributed by atoms with E-state index >= 15 is 0 Å². The summed E-state index contributed by atoms with van der Waals surface area (Å²) in [6.45, 7) is 2.16. The fourth-order valence-corrected chi connectivity index (χ4v) is 1.15. The van der Waals surface area contributed by atoms with Gasteiger partial charge in [0.2, 0.25) is 0 Å². The van der Waals surface area contributed by atoms with Gasteiger partial charge in [0.05, 0.1) is 6.61 Å². The third-order valence-electron chi connectivity index (χ3n) is 1.81. The van der Waals surface area contributed by atoms with Crippen LogP contribution in [0.4, 0.5) is 0 Å². The highest BCUT2D eigenvalue weighted by Crippen LogP contribution is 2.12. The van der Waals surface area contributed by atoms with Gasteiger partial charge in [-0.15, -0.1) is 0 Å². The number of carbonyl (C=O) groups is 1. The zero-order valence-electron chi connectivity index (χ0n) is 8.19. The first-order chi connectivity index (χ1) is 6.76. The van der Waals surface area contributed by atoms with Crippen molar-refractivity contribution in [2.45, 2.75) is 13.3 Å². The van der Waals surface area contributed by atoms with Gasteiger partial charge in [-0.05, 0) is 24.6 Å². The number of ether oxygens (including phenoxy) is 1. The molecule has 76 valence electrons. The van der Waals surface area contributed by atoms with Crippen LogP contribution in [0.3, 0.4) is 0 Å². The molecule has 0 spiro atoms. The van der Waals surface area contributed by atoms with Crippen molar-refractivity contribution < 1.29 is 14.6 Å². The molecule has 0 aromatic heterocycles. The van der Waals surface area contributed by atoms with Crippen LogP contribution in [-0.2, 0) is 11.2 Å². The molecule has 0 saturated carbocycles. The van der Waals surface area contributed by atoms with Gasteiger partial charge in [0.1, 0.15) is 12.4 Å². The van der Waals surface area contributed by atoms with Crippen molar-refractivity contribution >= 4 is 5.78 Å². The van der Waals surface area contributed by atoms with E-state index in [1.54, 1.807) is 0 Å². The average molecular weight is 194 g/mol. The van der Waals surface area contributed by atoms with E-state index in [1.807, 2.05) is 31.2 Å². The van der Waals surface area contributed by atoms with Crippen LogP contribution >= 0.6 is 0 Å². The fourth-order valence-electron chi connectivity index (χ4n) is 1.15. The Morgan fingerprint density at radius 3 is 2.50 bits per heavy atom. The topological polar surface area (TPSA) is 46.5 Å². The molecule has 1 N–H and O–H groups in total. The summed E-state index contributed by atoms with van der Waals surface area (Å²) in [5.74, 6) is 0.627. The zero-order chi connectivity index (χ0) is 10.4. The molecule has 0 radical (unpaired) electrons. The lowest BCUT2D eigenvalue weighted by Crippen LogP contribution is -2.07. The Morgan fingerprint density at radius 1 is 1.36 bits per heavy atom. The van der Waals surface area contributed by atoms with Crippen molar-refractivity contribution in [3.63, 3.8) is 0 Å². The Hall–Kier alpha value is -1.35. The summed E-state index contributed by atoms with van der Waals surface area (Å²) in [5.41, 5.74) is 0.896. The minimum absolute atomic E-state index is 0.172. The monoisotopic (exact) mass is 194 g/mol. The molecule has 0 heterocycles. The molecule has 0 fully saturated rings. The molecule has 3 heteroatoms. The summed E-state index contributed by atoms with van der Waals surface area (Å²) in [4.78, 5) is 10.9. The van der Waals surface area contributed by atoms with Gasteiger partial charge in [0.25, 0.3) is 0 Å². The molecule has 0 atom stereocenters. The standard InChI is InChI=1S/C11H14O3/c1-2-14-11-5-3-9(4-6-11)7-10(13)8-12/h3-6,12H,2,7-8H2,1H3. The SMILES string of the molecule is CCOc1ccc(CC(=O)CO)cc1. The predicted octanol–water partition coefficient (Wildman–Crippen LogP) is 1.19. The summed E-state index contributed by atoms with van der Waals surface area (Å²) >= 11 is 0. The van der Waals surface area contributed by atoms with Gasteiger partial charge in [0.15, 0.2) is 5.78 Å². The second kappa shape index (κ2) is 5.40. The number of ketones is 1. The number of aliphatic hydroxyl groups is 1. The molecule has 0 aliphatic carbocycles. The van der Waals surface area contributed by atoms with Gasteiger partial charge in [0, 0.05) is 6.42 Å². The number of carbonyl (C=O) groups excluding carboxylic acids is 1. The van der Waals surface area contributed by atoms with Gasteiger partial charge in [-0.25, -0.2) is 0 Å². The van der Waals surface area contributed by atoms with Crippen LogP contribution in [0, 0.1) is 0 Å². The highest BCUT2D eigenvalue weighted by molar-refractivity contribution is 5.81. The van der Waals surface area contributed by atoms with Crippen molar-refractivity contribution in [1.29, 1.82) is 0 Å². The lowest BCUT2D eigenvalue weighted by Gasteiger charge is -2.03. The number of benzene rings is 1. The van der Waals surface area contributed by atoms with Gasteiger partial charge < -0.3 is 9.84 Å². The molecule has 1 aromatic carbocycles. The van der Waals surface area contributed by atoms with Crippen molar-refractivity contribution in [3.8, 4) is 5.75 Å². The minimum atomic E-state index is -0.396. The molecule has 1 rings (SSSR count). The molecule has 1 aromatic rings. The van der Waals surface area contributed by atoms with Crippen LogP contribution < -0.4 is 4.74 Å². The number of rotatable bonds is 5. The Balaban J connectivity index is 2.59. The second-order valence-corrected chi connectivity index (χ2v) is 2.95. The first-order valence-corrected chi connectivity index (χ1v) is 4.60. The second-order valence-electron chi connectivity index (χ2n) is 2.95. The molecule has 0 unspecified atom stereocenters. The maximum Gasteiger partial charge on any atom is 0.162 e. The van der Waals surface area contributed by atoms with E-state index in [9.17, 15) is 4.79 Å². The van der Waals surface area contributed by atoms with Crippen molar-refractivity contribution in [3.05, 3.63) is 29.8 Å². The van der Waals surface area contributed by atoms with Crippen molar-refractivity contribution in [2.24, 2.45) is 0 Å². The summed E-state index contributed by atoms with van der Waals surface area (Å²) in [7, 11) is 0. The summed E-state index contributed by atoms with van der Waals surface area (Å²) < 4.78 is 5.26. The van der Waals surface area contributed by atoms with Crippen LogP contribution in [-0.4, -0.2) is 24.1 Å². The number of Topliss-reactive ketones (excluding diaryl/α,β-unsaturated/α-hetero) is 1. The molecule has 3 nitrogen and oxygen atoms in total. The van der Waals surface area contributed by atoms with E-state index in [2.05, 4.69) is 0 Å². The van der Waals surface area contributed by atoms with Gasteiger partial charge >= 0.3 is 0 Å². The molecule has 0 aliphatic rings. The Bertz CT molecular complexity index is 290. The largest absolute Gasteiger partial charge is 0.494 e. The first-order valence-electron chi connectivity index (χ1n) is 4.60. The van der Waals surface area contributed by atoms with Crippen molar-refractivity contribution in [1.82, 2.24) is 0 Å². The third kappa shape index (κ3) is 3.18. The van der Waals surface area contributed by atoms with E-state index < -0.39 is 6.61 Å². The Labute approximate surface area is 83.3 Å². The highest BCUT2D eigenvalue weighted by Gasteiger charge is 2.01. The zero-order valence-corrected chi connectivity index (χ0v) is 8.19. The molecule has 0 aliphatic heterocycles. The smallest absolute Gasteiger partial charge is 0.162 e. The molecular formula is C11H14O3. The van der Waals surface area contributed by atoms with Gasteiger partial charge in [-0.2, -0.15) is 0 Å². The molecule has 14 heavy (non-hydrogen) atoms. The molecule has 0 saturated heterocycles. The average Bonchev–Trinajstić information content (AvgIpc) is 2.21. The van der Waals surface area contributed by atoms with Crippen LogP contribution in [0.1, 0.15) is 12.5 Å². The summed E-state index contributed by atoms with van der Waals surface area (Å²) in [6, 6.07) is 7.31. The van der Waals surface area contributed by atoms with E-state index in [0.29, 0.717) is 6.61 Å². The third-order valence-corrected chi connectivity index (χ3v) is 1.81. The van der Waals surface area contributed by atoms with Crippen LogP contribution in [0.5, 0.6) is 5.75 Å². The van der Waals surface area contributed by atoms with E-state index in [0.717, 1.165) is 11.3 Å². The molecule has 0 amide bonds. The van der Waals surface area contributed by atoms with Crippen molar-refractivity contribution in [2.75, 3.05) is 13.2 Å². The predicted molar refractivity (Wildman–Crippen MR) is 53.4 cm³/mol. The Morgan fingerprint density at radius 2 is 2.00 bits per heavy atom. The lowest BCUT2D eigenvalue weighted by atomic mass is 10.1.